The van der Waals surface area contributed by atoms with Gasteiger partial charge in [0.15, 0.2) is 0 Å². The lowest BCUT2D eigenvalue weighted by Gasteiger charge is -2.22. The molecule has 1 aromatic heterocycles. The second-order valence-corrected chi connectivity index (χ2v) is 10.0. The average Bonchev–Trinajstić information content (AvgIpc) is 2.71. The van der Waals surface area contributed by atoms with Crippen molar-refractivity contribution >= 4 is 11.3 Å². The van der Waals surface area contributed by atoms with Crippen LogP contribution in [0, 0.1) is 12.8 Å². The van der Waals surface area contributed by atoms with E-state index < -0.39 is 0 Å². The van der Waals surface area contributed by atoms with Crippen LogP contribution in [0.25, 0.3) is 0 Å². The van der Waals surface area contributed by atoms with E-state index in [0.29, 0.717) is 0 Å². The van der Waals surface area contributed by atoms with Gasteiger partial charge in [-0.15, -0.1) is 11.3 Å². The monoisotopic (exact) mass is 322 g/mol. The minimum atomic E-state index is 0.261. The lowest BCUT2D eigenvalue weighted by Crippen LogP contribution is -2.14. The molecule has 0 spiro atoms. The SMILES string of the molecule is CCCCC(CC)Cc1c(C(C)(C)C)sc(C(C)(C)C)c1C. The van der Waals surface area contributed by atoms with Crippen molar-refractivity contribution in [1.82, 2.24) is 0 Å². The Balaban J connectivity index is 3.23. The Hall–Kier alpha value is -0.300. The van der Waals surface area contributed by atoms with Crippen LogP contribution in [0.4, 0.5) is 0 Å². The summed E-state index contributed by atoms with van der Waals surface area (Å²) in [5.74, 6) is 0.849. The molecule has 0 bridgehead atoms. The number of unbranched alkanes of at least 4 members (excludes halogenated alkanes) is 1. The summed E-state index contributed by atoms with van der Waals surface area (Å²) in [4.78, 5) is 3.22. The van der Waals surface area contributed by atoms with Crippen LogP contribution in [0.2, 0.25) is 0 Å². The fraction of sp³-hybridized carbons (Fsp3) is 0.810. The standard InChI is InChI=1S/C21H38S/c1-10-12-13-16(11-2)14-17-15(3)18(20(4,5)6)22-19(17)21(7,8)9/h16H,10-14H2,1-9H3. The van der Waals surface area contributed by atoms with Crippen LogP contribution in [-0.2, 0) is 17.3 Å². The summed E-state index contributed by atoms with van der Waals surface area (Å²) in [7, 11) is 0. The van der Waals surface area contributed by atoms with Crippen LogP contribution < -0.4 is 0 Å². The molecule has 1 unspecified atom stereocenters. The summed E-state index contributed by atoms with van der Waals surface area (Å²) in [5.41, 5.74) is 3.78. The summed E-state index contributed by atoms with van der Waals surface area (Å²) in [5, 5.41) is 0. The largest absolute Gasteiger partial charge is 0.144 e. The first kappa shape index (κ1) is 19.7. The van der Waals surface area contributed by atoms with Gasteiger partial charge in [0.05, 0.1) is 0 Å². The van der Waals surface area contributed by atoms with E-state index in [9.17, 15) is 0 Å². The van der Waals surface area contributed by atoms with Gasteiger partial charge in [0, 0.05) is 9.75 Å². The molecular weight excluding hydrogens is 284 g/mol. The van der Waals surface area contributed by atoms with Gasteiger partial charge < -0.3 is 0 Å². The highest BCUT2D eigenvalue weighted by molar-refractivity contribution is 7.12. The highest BCUT2D eigenvalue weighted by Crippen LogP contribution is 2.43. The Morgan fingerprint density at radius 1 is 0.909 bits per heavy atom. The second kappa shape index (κ2) is 7.51. The Morgan fingerprint density at radius 3 is 1.86 bits per heavy atom. The quantitative estimate of drug-likeness (QED) is 0.511. The van der Waals surface area contributed by atoms with Gasteiger partial charge in [-0.2, -0.15) is 0 Å². The fourth-order valence-corrected chi connectivity index (χ4v) is 4.80. The summed E-state index contributed by atoms with van der Waals surface area (Å²) in [6, 6.07) is 0. The molecule has 22 heavy (non-hydrogen) atoms. The average molecular weight is 323 g/mol. The summed E-state index contributed by atoms with van der Waals surface area (Å²) >= 11 is 2.08. The van der Waals surface area contributed by atoms with Gasteiger partial charge in [0.1, 0.15) is 0 Å². The Kier molecular flexibility index (Phi) is 6.74. The van der Waals surface area contributed by atoms with E-state index >= 15 is 0 Å². The van der Waals surface area contributed by atoms with E-state index in [0.717, 1.165) is 5.92 Å². The van der Waals surface area contributed by atoms with E-state index in [2.05, 4.69) is 73.7 Å². The zero-order valence-corrected chi connectivity index (χ0v) is 17.3. The Bertz CT molecular complexity index is 465. The molecule has 0 saturated carbocycles. The minimum absolute atomic E-state index is 0.261. The van der Waals surface area contributed by atoms with E-state index in [1.54, 1.807) is 20.9 Å². The molecule has 1 atom stereocenters. The van der Waals surface area contributed by atoms with Crippen molar-refractivity contribution in [1.29, 1.82) is 0 Å². The molecule has 1 heterocycles. The normalized spacial score (nSPS) is 14.4. The highest BCUT2D eigenvalue weighted by atomic mass is 32.1. The molecule has 0 amide bonds. The zero-order chi connectivity index (χ0) is 17.1. The first-order chi connectivity index (χ1) is 10.0. The van der Waals surface area contributed by atoms with E-state index in [1.807, 2.05) is 0 Å². The maximum absolute atomic E-state index is 2.38. The van der Waals surface area contributed by atoms with Crippen LogP contribution in [0.5, 0.6) is 0 Å². The van der Waals surface area contributed by atoms with E-state index in [4.69, 9.17) is 0 Å². The van der Waals surface area contributed by atoms with Crippen LogP contribution in [0.15, 0.2) is 0 Å². The lowest BCUT2D eigenvalue weighted by atomic mass is 9.82. The third-order valence-corrected chi connectivity index (χ3v) is 6.86. The van der Waals surface area contributed by atoms with E-state index in [1.165, 1.54) is 32.1 Å². The van der Waals surface area contributed by atoms with Gasteiger partial charge in [0.2, 0.25) is 0 Å². The molecule has 128 valence electrons. The van der Waals surface area contributed by atoms with Gasteiger partial charge in [-0.3, -0.25) is 0 Å². The van der Waals surface area contributed by atoms with Crippen molar-refractivity contribution < 1.29 is 0 Å². The van der Waals surface area contributed by atoms with Crippen LogP contribution in [-0.4, -0.2) is 0 Å². The topological polar surface area (TPSA) is 0 Å². The van der Waals surface area contributed by atoms with Crippen LogP contribution in [0.3, 0.4) is 0 Å². The third-order valence-electron chi connectivity index (χ3n) is 4.67. The molecule has 0 aromatic carbocycles. The van der Waals surface area contributed by atoms with Crippen molar-refractivity contribution in [2.24, 2.45) is 5.92 Å². The van der Waals surface area contributed by atoms with Crippen molar-refractivity contribution in [2.45, 2.75) is 105 Å². The second-order valence-electron chi connectivity index (χ2n) is 8.98. The van der Waals surface area contributed by atoms with E-state index in [-0.39, 0.29) is 10.8 Å². The molecule has 0 aliphatic carbocycles. The van der Waals surface area contributed by atoms with Crippen LogP contribution >= 0.6 is 11.3 Å². The minimum Gasteiger partial charge on any atom is -0.144 e. The molecule has 0 fully saturated rings. The lowest BCUT2D eigenvalue weighted by molar-refractivity contribution is 0.444. The predicted octanol–water partition coefficient (Wildman–Crippen LogP) is 7.41. The summed E-state index contributed by atoms with van der Waals surface area (Å²) in [6.07, 6.45) is 6.67. The first-order valence-electron chi connectivity index (χ1n) is 9.15. The molecule has 0 radical (unpaired) electrons. The molecule has 0 aliphatic heterocycles. The molecular formula is C21H38S. The molecule has 0 saturated heterocycles. The fourth-order valence-electron chi connectivity index (χ4n) is 3.35. The van der Waals surface area contributed by atoms with Gasteiger partial charge in [-0.1, -0.05) is 81.1 Å². The Labute approximate surface area is 143 Å². The molecule has 1 aromatic rings. The van der Waals surface area contributed by atoms with Gasteiger partial charge in [0.25, 0.3) is 0 Å². The first-order valence-corrected chi connectivity index (χ1v) is 9.97. The van der Waals surface area contributed by atoms with Gasteiger partial charge in [-0.25, -0.2) is 0 Å². The van der Waals surface area contributed by atoms with Crippen molar-refractivity contribution in [3.63, 3.8) is 0 Å². The van der Waals surface area contributed by atoms with Gasteiger partial charge >= 0.3 is 0 Å². The third kappa shape index (κ3) is 4.85. The maximum atomic E-state index is 2.38. The molecule has 0 aliphatic rings. The van der Waals surface area contributed by atoms with Crippen LogP contribution in [0.1, 0.15) is 102 Å². The van der Waals surface area contributed by atoms with Gasteiger partial charge in [-0.05, 0) is 41.2 Å². The summed E-state index contributed by atoms with van der Waals surface area (Å²) < 4.78 is 0. The predicted molar refractivity (Wildman–Crippen MR) is 103 cm³/mol. The number of hydrogen-bond donors (Lipinski definition) is 0. The maximum Gasteiger partial charge on any atom is 0.0137 e. The van der Waals surface area contributed by atoms with Crippen molar-refractivity contribution in [3.05, 3.63) is 20.9 Å². The zero-order valence-electron chi connectivity index (χ0n) is 16.5. The van der Waals surface area contributed by atoms with Crippen molar-refractivity contribution in [2.75, 3.05) is 0 Å². The number of rotatable bonds is 6. The van der Waals surface area contributed by atoms with Crippen molar-refractivity contribution in [3.8, 4) is 0 Å². The smallest absolute Gasteiger partial charge is 0.0137 e. The number of hydrogen-bond acceptors (Lipinski definition) is 1. The molecule has 0 nitrogen and oxygen atoms in total. The number of thiophene rings is 1. The summed E-state index contributed by atoms with van der Waals surface area (Å²) in [6.45, 7) is 21.2. The Morgan fingerprint density at radius 2 is 1.45 bits per heavy atom. The molecule has 1 heteroatoms. The molecule has 0 N–H and O–H groups in total. The molecule has 1 rings (SSSR count). The highest BCUT2D eigenvalue weighted by Gasteiger charge is 2.29.